The third kappa shape index (κ3) is 26.2. The highest BCUT2D eigenvalue weighted by Crippen LogP contribution is 2.21. The second-order valence-corrected chi connectivity index (χ2v) is 18.8. The van der Waals surface area contributed by atoms with Crippen LogP contribution in [0, 0.1) is 30.3 Å². The van der Waals surface area contributed by atoms with Crippen LogP contribution in [0.25, 0.3) is 0 Å². The molecule has 24 nitrogen and oxygen atoms in total. The van der Waals surface area contributed by atoms with Gasteiger partial charge in [-0.3, -0.25) is 59.3 Å². The van der Waals surface area contributed by atoms with E-state index in [1.807, 2.05) is 31.3 Å². The predicted octanol–water partition coefficient (Wildman–Crippen LogP) is 5.23. The zero-order valence-electron chi connectivity index (χ0n) is 45.3. The molecule has 4 aromatic carbocycles. The molecule has 0 bridgehead atoms. The highest BCUT2D eigenvalue weighted by Gasteiger charge is 2.21. The van der Waals surface area contributed by atoms with Crippen molar-refractivity contribution in [3.8, 4) is 0 Å². The highest BCUT2D eigenvalue weighted by atomic mass is 35.5. The van der Waals surface area contributed by atoms with Gasteiger partial charge in [0.05, 0.1) is 33.7 Å². The van der Waals surface area contributed by atoms with Crippen molar-refractivity contribution in [2.24, 2.45) is 0 Å². The van der Waals surface area contributed by atoms with Gasteiger partial charge in [0.1, 0.15) is 5.88 Å². The van der Waals surface area contributed by atoms with Crippen molar-refractivity contribution < 1.29 is 33.9 Å². The van der Waals surface area contributed by atoms with Crippen LogP contribution in [0.3, 0.4) is 0 Å². The zero-order valence-corrected chi connectivity index (χ0v) is 47.5. The number of piperazine rings is 3. The number of likely N-dealkylation sites (N-methyl/N-ethyl adjacent to an activating group) is 5. The number of alkyl halides is 2. The van der Waals surface area contributed by atoms with Crippen LogP contribution in [0.5, 0.6) is 0 Å². The number of hydrogen-bond acceptors (Lipinski definition) is 18. The van der Waals surface area contributed by atoms with Crippen molar-refractivity contribution >= 4 is 103 Å². The Balaban J connectivity index is 0.000000337. The Bertz CT molecular complexity index is 2460. The van der Waals surface area contributed by atoms with Crippen LogP contribution in [-0.2, 0) is 19.2 Å². The van der Waals surface area contributed by atoms with Crippen molar-refractivity contribution in [2.75, 3.05) is 178 Å². The largest absolute Gasteiger partial charge is 0.399 e. The summed E-state index contributed by atoms with van der Waals surface area (Å²) < 4.78 is 0. The van der Waals surface area contributed by atoms with Crippen molar-refractivity contribution in [3.63, 3.8) is 0 Å². The Morgan fingerprint density at radius 3 is 1.09 bits per heavy atom. The zero-order chi connectivity index (χ0) is 58.3. The molecule has 0 radical (unpaired) electrons. The fourth-order valence-corrected chi connectivity index (χ4v) is 7.13. The number of nitrogens with two attached hydrogens (primary N) is 1. The maximum absolute atomic E-state index is 12.2. The van der Waals surface area contributed by atoms with Gasteiger partial charge in [-0.1, -0.05) is 0 Å². The first-order chi connectivity index (χ1) is 37.0. The van der Waals surface area contributed by atoms with Crippen LogP contribution in [0.2, 0.25) is 0 Å². The number of carbonyl (C=O) groups is 4. The number of hydrogen-bond donors (Lipinski definition) is 3. The molecule has 4 aromatic rings. The van der Waals surface area contributed by atoms with Crippen LogP contribution in [0.4, 0.5) is 45.5 Å². The number of carbonyl (C=O) groups excluding carboxylic acids is 4. The van der Waals surface area contributed by atoms with Crippen molar-refractivity contribution in [3.05, 3.63) is 127 Å². The van der Waals surface area contributed by atoms with E-state index in [2.05, 4.69) is 56.3 Å². The summed E-state index contributed by atoms with van der Waals surface area (Å²) in [5.74, 6) is -0.358. The summed E-state index contributed by atoms with van der Waals surface area (Å²) >= 11 is 14.9. The Labute approximate surface area is 471 Å². The molecule has 0 atom stereocenters. The third-order valence-corrected chi connectivity index (χ3v) is 12.9. The van der Waals surface area contributed by atoms with Gasteiger partial charge >= 0.3 is 0 Å². The van der Waals surface area contributed by atoms with E-state index < -0.39 is 20.0 Å². The molecular weight excluding hydrogens is 1080 g/mol. The molecule has 0 spiro atoms. The molecule has 0 saturated carbocycles. The lowest BCUT2D eigenvalue weighted by Gasteiger charge is -2.32. The number of nitro groups is 3. The van der Waals surface area contributed by atoms with Crippen molar-refractivity contribution in [2.45, 2.75) is 0 Å². The van der Waals surface area contributed by atoms with Gasteiger partial charge in [-0.05, 0) is 93.4 Å². The Morgan fingerprint density at radius 1 is 0.526 bits per heavy atom. The fraction of sp³-hybridized carbons (Fsp3) is 0.451. The lowest BCUT2D eigenvalue weighted by Crippen LogP contribution is -2.48. The average molecular weight is 1150 g/mol. The van der Waals surface area contributed by atoms with E-state index in [4.69, 9.17) is 40.5 Å². The van der Waals surface area contributed by atoms with Gasteiger partial charge in [0.15, 0.2) is 0 Å². The molecule has 3 aliphatic heterocycles. The second kappa shape index (κ2) is 36.5. The Hall–Kier alpha value is -6.61. The molecule has 0 aromatic heterocycles. The molecule has 27 heteroatoms. The quantitative estimate of drug-likeness (QED) is 0.0508. The van der Waals surface area contributed by atoms with Gasteiger partial charge in [-0.15, -0.1) is 23.2 Å². The van der Waals surface area contributed by atoms with E-state index in [1.165, 1.54) is 66.5 Å². The lowest BCUT2D eigenvalue weighted by molar-refractivity contribution is -0.385. The molecule has 7 rings (SSSR count). The number of nitrogens with one attached hydrogen (secondary N) is 2. The smallest absolute Gasteiger partial charge is 0.269 e. The fourth-order valence-electron chi connectivity index (χ4n) is 6.95. The topological polar surface area (TPSA) is 274 Å². The van der Waals surface area contributed by atoms with Crippen molar-refractivity contribution in [1.82, 2.24) is 29.8 Å². The molecule has 0 aliphatic carbocycles. The normalized spacial score (nSPS) is 14.6. The van der Waals surface area contributed by atoms with Crippen LogP contribution < -0.4 is 31.1 Å². The maximum atomic E-state index is 12.2. The minimum atomic E-state index is -0.508. The van der Waals surface area contributed by atoms with Gasteiger partial charge in [-0.25, -0.2) is 0 Å². The van der Waals surface area contributed by atoms with Crippen LogP contribution in [-0.4, -0.2) is 215 Å². The number of rotatable bonds is 13. The number of amides is 3. The Morgan fingerprint density at radius 2 is 0.821 bits per heavy atom. The number of nitrogens with zero attached hydrogens (tertiary/aromatic N) is 11. The second-order valence-electron chi connectivity index (χ2n) is 17.9. The number of nitro benzene ring substituents is 3. The van der Waals surface area contributed by atoms with Gasteiger partial charge in [0.2, 0.25) is 23.0 Å². The maximum Gasteiger partial charge on any atom is 0.269 e. The number of non-ortho nitro benzene ring substituents is 3. The van der Waals surface area contributed by atoms with Gasteiger partial charge < -0.3 is 45.8 Å². The molecule has 78 heavy (non-hydrogen) atoms. The molecule has 3 amide bonds. The minimum absolute atomic E-state index is 0.00611. The summed E-state index contributed by atoms with van der Waals surface area (Å²) in [7, 11) is 13.2. The van der Waals surface area contributed by atoms with E-state index in [9.17, 15) is 49.5 Å². The summed E-state index contributed by atoms with van der Waals surface area (Å²) in [5, 5.41) is 36.8. The highest BCUT2D eigenvalue weighted by molar-refractivity contribution is 6.67. The molecule has 3 aliphatic rings. The summed E-state index contributed by atoms with van der Waals surface area (Å²) in [4.78, 5) is 90.7. The molecule has 3 fully saturated rings. The first kappa shape index (κ1) is 67.5. The number of halogens is 3. The first-order valence-electron chi connectivity index (χ1n) is 24.6. The van der Waals surface area contributed by atoms with Gasteiger partial charge in [-0.2, -0.15) is 0 Å². The molecule has 3 saturated heterocycles. The molecule has 0 unspecified atom stereocenters. The molecule has 4 N–H and O–H groups in total. The van der Waals surface area contributed by atoms with E-state index in [1.54, 1.807) is 55.2 Å². The van der Waals surface area contributed by atoms with E-state index >= 15 is 0 Å². The summed E-state index contributed by atoms with van der Waals surface area (Å²) in [6, 6.07) is 25.3. The predicted molar refractivity (Wildman–Crippen MR) is 310 cm³/mol. The number of nitrogen functional groups attached to an aromatic ring is 1. The molecular formula is C51H73Cl3N14O10. The average Bonchev–Trinajstić information content (AvgIpc) is 3.45. The minimum Gasteiger partial charge on any atom is -0.399 e. The Kier molecular flexibility index (Phi) is 31.6. The standard InChI is InChI=1S/C14H20N4O3.C14H22N4O.C9H9ClN2O3.C7H8N2O2.C5H12N2.C2H2Cl2O/c1-15-7-9-17(10-8-15)11-14(19)16(2)12-3-5-13(6-4-12)18(20)21;1-16-7-9-18(10-8-16)11-14(19)17(2)13-5-3-12(15)4-6-13;1-11(9(13)6-10)7-2-4-8(5-3-7)12(14)15;1-8-6-2-4-7(5-3-6)9(10)11;1-7-4-2-6-3-5-7;3-1-2(4)5/h3-6H,7-11H2,1-2H3;3-6H,7-11,15H2,1-2H3;2-5H,6H2,1H3;2-5,8H,1H3;6H,2-5H2,1H3;1H2. The van der Waals surface area contributed by atoms with Gasteiger partial charge in [0, 0.05) is 172 Å². The summed E-state index contributed by atoms with van der Waals surface area (Å²) in [6.07, 6.45) is 0. The van der Waals surface area contributed by atoms with Crippen LogP contribution in [0.15, 0.2) is 97.1 Å². The third-order valence-electron chi connectivity index (χ3n) is 12.1. The first-order valence-corrected chi connectivity index (χ1v) is 26.0. The monoisotopic (exact) mass is 1150 g/mol. The summed E-state index contributed by atoms with van der Waals surface area (Å²) in [6.45, 7) is 13.3. The summed E-state index contributed by atoms with van der Waals surface area (Å²) in [5.41, 5.74) is 9.49. The molecule has 3 heterocycles. The number of anilines is 5. The van der Waals surface area contributed by atoms with E-state index in [0.29, 0.717) is 30.2 Å². The molecule has 428 valence electrons. The van der Waals surface area contributed by atoms with E-state index in [-0.39, 0.29) is 46.5 Å². The van der Waals surface area contributed by atoms with Gasteiger partial charge in [0.25, 0.3) is 17.1 Å². The van der Waals surface area contributed by atoms with Crippen molar-refractivity contribution in [1.29, 1.82) is 0 Å². The van der Waals surface area contributed by atoms with Crippen LogP contribution >= 0.6 is 34.8 Å². The van der Waals surface area contributed by atoms with Crippen LogP contribution in [0.1, 0.15) is 0 Å². The van der Waals surface area contributed by atoms with E-state index in [0.717, 1.165) is 76.8 Å². The number of benzene rings is 4. The SMILES string of the molecule is CN(C(=O)CCl)c1ccc([N+](=O)[O-])cc1.CN1CCN(CC(=O)N(C)c2ccc(N)cc2)CC1.CN1CCN(CC(=O)N(C)c2ccc([N+](=O)[O-])cc2)CC1.CN1CCNCC1.CNc1ccc([N+](=O)[O-])cc1.O=C(Cl)CCl. The lowest BCUT2D eigenvalue weighted by atomic mass is 10.2.